The number of piperidine rings is 1. The normalized spacial score (nSPS) is 22.8. The van der Waals surface area contributed by atoms with E-state index < -0.39 is 12.3 Å². The number of likely N-dealkylation sites (tertiary alicyclic amines) is 1. The molecule has 0 bridgehead atoms. The molecule has 36 heavy (non-hydrogen) atoms. The number of benzene rings is 2. The highest BCUT2D eigenvalue weighted by atomic mass is 16.7. The average molecular weight is 497 g/mol. The van der Waals surface area contributed by atoms with Gasteiger partial charge in [-0.15, -0.1) is 0 Å². The summed E-state index contributed by atoms with van der Waals surface area (Å²) in [6.45, 7) is 3.08. The number of carboxylic acid groups (broad SMARTS) is 1. The fraction of sp³-hybridized carbons (Fsp3) is 0.500. The molecule has 0 radical (unpaired) electrons. The maximum absolute atomic E-state index is 12.1. The summed E-state index contributed by atoms with van der Waals surface area (Å²) in [6.07, 6.45) is 4.32. The highest BCUT2D eigenvalue weighted by molar-refractivity contribution is 5.90. The number of carboxylic acids is 1. The maximum atomic E-state index is 12.1. The van der Waals surface area contributed by atoms with Crippen molar-refractivity contribution in [3.63, 3.8) is 0 Å². The van der Waals surface area contributed by atoms with Crippen LogP contribution in [0, 0.1) is 0 Å². The molecule has 0 unspecified atom stereocenters. The summed E-state index contributed by atoms with van der Waals surface area (Å²) in [5.41, 5.74) is 3.46. The highest BCUT2D eigenvalue weighted by Gasteiger charge is 2.33. The number of hydrogen-bond acceptors (Lipinski definition) is 6. The van der Waals surface area contributed by atoms with Gasteiger partial charge in [-0.05, 0) is 55.6 Å². The number of hydrogen-bond donors (Lipinski definition) is 3. The van der Waals surface area contributed by atoms with E-state index in [-0.39, 0.29) is 37.6 Å². The van der Waals surface area contributed by atoms with Gasteiger partial charge in [-0.3, -0.25) is 9.59 Å². The molecule has 8 nitrogen and oxygen atoms in total. The number of carbonyl (C=O) groups is 2. The molecule has 8 heteroatoms. The van der Waals surface area contributed by atoms with Crippen LogP contribution in [-0.4, -0.2) is 52.7 Å². The van der Waals surface area contributed by atoms with Gasteiger partial charge in [0.15, 0.2) is 6.29 Å². The molecule has 2 heterocycles. The fourth-order valence-corrected chi connectivity index (χ4v) is 4.81. The molecular weight excluding hydrogens is 460 g/mol. The summed E-state index contributed by atoms with van der Waals surface area (Å²) < 4.78 is 12.8. The SMILES string of the molecule is O=C(O)CCCC(=O)Nc1ccc([C@H]2O[C@@H](CN3CCCCC3)C[C@@H](c3ccc(CO)cc3)O2)cc1. The van der Waals surface area contributed by atoms with E-state index in [9.17, 15) is 14.7 Å². The van der Waals surface area contributed by atoms with Crippen LogP contribution >= 0.6 is 0 Å². The smallest absolute Gasteiger partial charge is 0.303 e. The number of anilines is 1. The number of nitrogens with one attached hydrogen (secondary N) is 1. The van der Waals surface area contributed by atoms with Crippen LogP contribution < -0.4 is 5.32 Å². The Morgan fingerprint density at radius 1 is 0.917 bits per heavy atom. The number of amides is 1. The first-order chi connectivity index (χ1) is 17.5. The topological polar surface area (TPSA) is 108 Å². The Morgan fingerprint density at radius 3 is 2.28 bits per heavy atom. The molecule has 4 rings (SSSR count). The Hall–Kier alpha value is -2.78. The van der Waals surface area contributed by atoms with E-state index in [1.807, 2.05) is 48.5 Å². The van der Waals surface area contributed by atoms with Crippen LogP contribution in [0.3, 0.4) is 0 Å². The Balaban J connectivity index is 1.43. The first kappa shape index (κ1) is 26.3. The molecule has 2 aliphatic heterocycles. The van der Waals surface area contributed by atoms with Gasteiger partial charge in [0.05, 0.1) is 18.8 Å². The van der Waals surface area contributed by atoms with Gasteiger partial charge in [0.2, 0.25) is 5.91 Å². The summed E-state index contributed by atoms with van der Waals surface area (Å²) in [5.74, 6) is -1.11. The third-order valence-electron chi connectivity index (χ3n) is 6.79. The molecule has 3 N–H and O–H groups in total. The molecule has 1 amide bonds. The zero-order valence-electron chi connectivity index (χ0n) is 20.6. The molecule has 2 saturated heterocycles. The number of aliphatic hydroxyl groups excluding tert-OH is 1. The van der Waals surface area contributed by atoms with Crippen molar-refractivity contribution >= 4 is 17.6 Å². The van der Waals surface area contributed by atoms with E-state index in [0.29, 0.717) is 12.1 Å². The van der Waals surface area contributed by atoms with Gasteiger partial charge < -0.3 is 29.9 Å². The van der Waals surface area contributed by atoms with Gasteiger partial charge >= 0.3 is 5.97 Å². The monoisotopic (exact) mass is 496 g/mol. The molecule has 0 aromatic heterocycles. The van der Waals surface area contributed by atoms with Crippen molar-refractivity contribution in [1.82, 2.24) is 4.90 Å². The molecular formula is C28H36N2O6. The Labute approximate surface area is 212 Å². The lowest BCUT2D eigenvalue weighted by Gasteiger charge is -2.39. The number of aliphatic carboxylic acids is 1. The number of aliphatic hydroxyl groups is 1. The van der Waals surface area contributed by atoms with Gasteiger partial charge in [0.1, 0.15) is 0 Å². The first-order valence-corrected chi connectivity index (χ1v) is 12.8. The van der Waals surface area contributed by atoms with Crippen molar-refractivity contribution in [2.75, 3.05) is 25.0 Å². The van der Waals surface area contributed by atoms with E-state index in [1.54, 1.807) is 0 Å². The molecule has 0 spiro atoms. The number of carbonyl (C=O) groups excluding carboxylic acids is 1. The second-order valence-electron chi connectivity index (χ2n) is 9.63. The highest BCUT2D eigenvalue weighted by Crippen LogP contribution is 2.38. The lowest BCUT2D eigenvalue weighted by molar-refractivity contribution is -0.253. The summed E-state index contributed by atoms with van der Waals surface area (Å²) in [7, 11) is 0. The van der Waals surface area contributed by atoms with Crippen molar-refractivity contribution in [2.24, 2.45) is 0 Å². The van der Waals surface area contributed by atoms with Crippen LogP contribution in [0.4, 0.5) is 5.69 Å². The Kier molecular flexibility index (Phi) is 9.47. The second kappa shape index (κ2) is 13.0. The molecule has 2 fully saturated rings. The lowest BCUT2D eigenvalue weighted by atomic mass is 9.99. The summed E-state index contributed by atoms with van der Waals surface area (Å²) in [6, 6.07) is 15.3. The molecule has 0 saturated carbocycles. The third kappa shape index (κ3) is 7.61. The predicted molar refractivity (Wildman–Crippen MR) is 135 cm³/mol. The van der Waals surface area contributed by atoms with Crippen molar-refractivity contribution in [2.45, 2.75) is 70.1 Å². The average Bonchev–Trinajstić information content (AvgIpc) is 2.89. The number of nitrogens with zero attached hydrogens (tertiary/aromatic N) is 1. The van der Waals surface area contributed by atoms with Crippen molar-refractivity contribution in [1.29, 1.82) is 0 Å². The Bertz CT molecular complexity index is 988. The molecule has 194 valence electrons. The fourth-order valence-electron chi connectivity index (χ4n) is 4.81. The zero-order valence-corrected chi connectivity index (χ0v) is 20.6. The van der Waals surface area contributed by atoms with Gasteiger partial charge in [-0.1, -0.05) is 42.8 Å². The van der Waals surface area contributed by atoms with Crippen LogP contribution in [0.15, 0.2) is 48.5 Å². The van der Waals surface area contributed by atoms with Crippen molar-refractivity contribution in [3.05, 3.63) is 65.2 Å². The van der Waals surface area contributed by atoms with Crippen molar-refractivity contribution < 1.29 is 29.3 Å². The standard InChI is InChI=1S/C28H36N2O6/c31-19-20-7-9-21(10-8-20)25-17-24(18-30-15-2-1-3-16-30)35-28(36-25)22-11-13-23(14-12-22)29-26(32)5-4-6-27(33)34/h7-14,24-25,28,31H,1-6,15-19H2,(H,29,32)(H,33,34)/t24-,25+,28+/m1/s1. The zero-order chi connectivity index (χ0) is 25.3. The van der Waals surface area contributed by atoms with E-state index in [4.69, 9.17) is 14.6 Å². The van der Waals surface area contributed by atoms with Gasteiger partial charge in [0.25, 0.3) is 0 Å². The van der Waals surface area contributed by atoms with Crippen LogP contribution in [0.2, 0.25) is 0 Å². The summed E-state index contributed by atoms with van der Waals surface area (Å²) in [5, 5.41) is 20.9. The van der Waals surface area contributed by atoms with Crippen LogP contribution in [0.25, 0.3) is 0 Å². The number of rotatable bonds is 10. The minimum atomic E-state index is -0.902. The van der Waals surface area contributed by atoms with E-state index >= 15 is 0 Å². The molecule has 2 aliphatic rings. The van der Waals surface area contributed by atoms with Gasteiger partial charge in [0, 0.05) is 37.1 Å². The van der Waals surface area contributed by atoms with E-state index in [1.165, 1.54) is 19.3 Å². The molecule has 2 aromatic carbocycles. The summed E-state index contributed by atoms with van der Waals surface area (Å²) >= 11 is 0. The molecule has 0 aliphatic carbocycles. The quantitative estimate of drug-likeness (QED) is 0.447. The van der Waals surface area contributed by atoms with Crippen molar-refractivity contribution in [3.8, 4) is 0 Å². The molecule has 2 aromatic rings. The first-order valence-electron chi connectivity index (χ1n) is 12.8. The van der Waals surface area contributed by atoms with Crippen LogP contribution in [0.5, 0.6) is 0 Å². The molecule has 3 atom stereocenters. The number of ether oxygens (including phenoxy) is 2. The minimum Gasteiger partial charge on any atom is -0.481 e. The lowest BCUT2D eigenvalue weighted by Crippen LogP contribution is -2.41. The maximum Gasteiger partial charge on any atom is 0.303 e. The third-order valence-corrected chi connectivity index (χ3v) is 6.79. The van der Waals surface area contributed by atoms with E-state index in [0.717, 1.165) is 42.7 Å². The van der Waals surface area contributed by atoms with E-state index in [2.05, 4.69) is 10.2 Å². The van der Waals surface area contributed by atoms with Crippen LogP contribution in [0.1, 0.15) is 74.0 Å². The second-order valence-corrected chi connectivity index (χ2v) is 9.63. The summed E-state index contributed by atoms with van der Waals surface area (Å²) in [4.78, 5) is 25.2. The van der Waals surface area contributed by atoms with Gasteiger partial charge in [-0.2, -0.15) is 0 Å². The van der Waals surface area contributed by atoms with Gasteiger partial charge in [-0.25, -0.2) is 0 Å². The van der Waals surface area contributed by atoms with Crippen LogP contribution in [-0.2, 0) is 25.7 Å². The Morgan fingerprint density at radius 2 is 1.61 bits per heavy atom. The largest absolute Gasteiger partial charge is 0.481 e. The minimum absolute atomic E-state index is 0.0115. The predicted octanol–water partition coefficient (Wildman–Crippen LogP) is 4.40.